The molecule has 0 spiro atoms. The van der Waals surface area contributed by atoms with E-state index >= 15 is 0 Å². The Bertz CT molecular complexity index is 723. The molecule has 2 heterocycles. The van der Waals surface area contributed by atoms with Gasteiger partial charge in [-0.15, -0.1) is 11.3 Å². The highest BCUT2D eigenvalue weighted by molar-refractivity contribution is 7.09. The van der Waals surface area contributed by atoms with E-state index in [1.54, 1.807) is 29.5 Å². The number of hydrogen-bond acceptors (Lipinski definition) is 4. The van der Waals surface area contributed by atoms with Crippen LogP contribution in [0, 0.1) is 6.92 Å². The Kier molecular flexibility index (Phi) is 3.47. The number of amides is 2. The van der Waals surface area contributed by atoms with Gasteiger partial charge in [-0.1, -0.05) is 0 Å². The molecule has 3 rings (SSSR count). The van der Waals surface area contributed by atoms with Crippen LogP contribution in [0.2, 0.25) is 0 Å². The number of anilines is 1. The van der Waals surface area contributed by atoms with Gasteiger partial charge in [-0.25, -0.2) is 4.98 Å². The molecule has 1 atom stereocenters. The lowest BCUT2D eigenvalue weighted by Gasteiger charge is -2.12. The van der Waals surface area contributed by atoms with Crippen LogP contribution in [0.4, 0.5) is 5.69 Å². The van der Waals surface area contributed by atoms with Gasteiger partial charge in [0.05, 0.1) is 23.2 Å². The molecule has 21 heavy (non-hydrogen) atoms. The number of nitrogens with zero attached hydrogens (tertiary/aromatic N) is 1. The summed E-state index contributed by atoms with van der Waals surface area (Å²) in [4.78, 5) is 28.0. The van der Waals surface area contributed by atoms with Crippen LogP contribution in [-0.4, -0.2) is 16.8 Å². The van der Waals surface area contributed by atoms with Gasteiger partial charge in [0.1, 0.15) is 0 Å². The quantitative estimate of drug-likeness (QED) is 0.914. The third-order valence-corrected chi connectivity index (χ3v) is 4.21. The SMILES string of the molecule is Cc1nc(C(C)NC(=O)c2ccc3c(c2)CC(=O)N3)cs1. The molecule has 2 aromatic rings. The molecule has 2 amide bonds. The van der Waals surface area contributed by atoms with Crippen LogP contribution < -0.4 is 10.6 Å². The average molecular weight is 301 g/mol. The number of aryl methyl sites for hydroxylation is 1. The Hall–Kier alpha value is -2.21. The fourth-order valence-corrected chi connectivity index (χ4v) is 3.01. The van der Waals surface area contributed by atoms with E-state index in [1.165, 1.54) is 0 Å². The molecule has 0 fully saturated rings. The van der Waals surface area contributed by atoms with E-state index in [2.05, 4.69) is 15.6 Å². The van der Waals surface area contributed by atoms with Gasteiger partial charge in [0.15, 0.2) is 0 Å². The molecule has 0 radical (unpaired) electrons. The zero-order chi connectivity index (χ0) is 15.0. The van der Waals surface area contributed by atoms with E-state index in [9.17, 15) is 9.59 Å². The largest absolute Gasteiger partial charge is 0.344 e. The Morgan fingerprint density at radius 1 is 1.48 bits per heavy atom. The highest BCUT2D eigenvalue weighted by Gasteiger charge is 2.20. The van der Waals surface area contributed by atoms with Crippen molar-refractivity contribution in [3.63, 3.8) is 0 Å². The number of carbonyl (C=O) groups excluding carboxylic acids is 2. The van der Waals surface area contributed by atoms with Gasteiger partial charge in [0, 0.05) is 16.6 Å². The van der Waals surface area contributed by atoms with Crippen molar-refractivity contribution in [1.29, 1.82) is 0 Å². The van der Waals surface area contributed by atoms with Gasteiger partial charge in [0.2, 0.25) is 5.91 Å². The highest BCUT2D eigenvalue weighted by Crippen LogP contribution is 2.24. The molecular formula is C15H15N3O2S. The van der Waals surface area contributed by atoms with Crippen LogP contribution in [0.25, 0.3) is 0 Å². The predicted molar refractivity (Wildman–Crippen MR) is 81.5 cm³/mol. The summed E-state index contributed by atoms with van der Waals surface area (Å²) in [6.45, 7) is 3.85. The molecule has 6 heteroatoms. The predicted octanol–water partition coefficient (Wildman–Crippen LogP) is 2.44. The number of nitrogens with one attached hydrogen (secondary N) is 2. The van der Waals surface area contributed by atoms with Crippen LogP contribution in [-0.2, 0) is 11.2 Å². The van der Waals surface area contributed by atoms with Crippen molar-refractivity contribution in [3.05, 3.63) is 45.4 Å². The van der Waals surface area contributed by atoms with Gasteiger partial charge >= 0.3 is 0 Å². The van der Waals surface area contributed by atoms with Gasteiger partial charge in [0.25, 0.3) is 5.91 Å². The van der Waals surface area contributed by atoms with E-state index in [0.29, 0.717) is 12.0 Å². The first kappa shape index (κ1) is 13.8. The number of benzene rings is 1. The molecule has 1 aromatic heterocycles. The third kappa shape index (κ3) is 2.80. The molecule has 5 nitrogen and oxygen atoms in total. The van der Waals surface area contributed by atoms with Crippen molar-refractivity contribution in [1.82, 2.24) is 10.3 Å². The number of carbonyl (C=O) groups is 2. The maximum absolute atomic E-state index is 12.3. The van der Waals surface area contributed by atoms with Crippen molar-refractivity contribution in [3.8, 4) is 0 Å². The van der Waals surface area contributed by atoms with Crippen molar-refractivity contribution in [2.24, 2.45) is 0 Å². The van der Waals surface area contributed by atoms with E-state index in [1.807, 2.05) is 19.2 Å². The summed E-state index contributed by atoms with van der Waals surface area (Å²) in [6, 6.07) is 5.11. The minimum Gasteiger partial charge on any atom is -0.344 e. The van der Waals surface area contributed by atoms with Crippen LogP contribution in [0.3, 0.4) is 0 Å². The first-order chi connectivity index (χ1) is 10.0. The van der Waals surface area contributed by atoms with Crippen molar-refractivity contribution in [2.45, 2.75) is 26.3 Å². The van der Waals surface area contributed by atoms with Gasteiger partial charge in [-0.05, 0) is 37.6 Å². The van der Waals surface area contributed by atoms with Gasteiger partial charge < -0.3 is 10.6 Å². The summed E-state index contributed by atoms with van der Waals surface area (Å²) in [7, 11) is 0. The summed E-state index contributed by atoms with van der Waals surface area (Å²) in [5.41, 5.74) is 3.08. The van der Waals surface area contributed by atoms with Crippen LogP contribution in [0.1, 0.15) is 39.6 Å². The first-order valence-electron chi connectivity index (χ1n) is 6.68. The standard InChI is InChI=1S/C15H15N3O2S/c1-8(13-7-21-9(2)17-13)16-15(20)10-3-4-12-11(5-10)6-14(19)18-12/h3-5,7-8H,6H2,1-2H3,(H,16,20)(H,18,19). The number of thiazole rings is 1. The third-order valence-electron chi connectivity index (χ3n) is 3.42. The summed E-state index contributed by atoms with van der Waals surface area (Å²) in [5, 5.41) is 8.61. The molecular weight excluding hydrogens is 286 g/mol. The average Bonchev–Trinajstić information content (AvgIpc) is 3.02. The molecule has 1 aliphatic rings. The van der Waals surface area contributed by atoms with Crippen LogP contribution >= 0.6 is 11.3 Å². The van der Waals surface area contributed by atoms with Crippen molar-refractivity contribution in [2.75, 3.05) is 5.32 Å². The van der Waals surface area contributed by atoms with Gasteiger partial charge in [-0.2, -0.15) is 0 Å². The fraction of sp³-hybridized carbons (Fsp3) is 0.267. The minimum atomic E-state index is -0.157. The van der Waals surface area contributed by atoms with Crippen LogP contribution in [0.15, 0.2) is 23.6 Å². The topological polar surface area (TPSA) is 71.1 Å². The Morgan fingerprint density at radius 3 is 3.00 bits per heavy atom. The van der Waals surface area contributed by atoms with E-state index in [4.69, 9.17) is 0 Å². The Morgan fingerprint density at radius 2 is 2.29 bits per heavy atom. The zero-order valence-corrected chi connectivity index (χ0v) is 12.6. The van der Waals surface area contributed by atoms with E-state index < -0.39 is 0 Å². The van der Waals surface area contributed by atoms with Crippen molar-refractivity contribution >= 4 is 28.8 Å². The summed E-state index contributed by atoms with van der Waals surface area (Å²) in [5.74, 6) is -0.191. The van der Waals surface area contributed by atoms with E-state index in [0.717, 1.165) is 22.0 Å². The summed E-state index contributed by atoms with van der Waals surface area (Å²) < 4.78 is 0. The number of aromatic nitrogens is 1. The second-order valence-electron chi connectivity index (χ2n) is 5.08. The van der Waals surface area contributed by atoms with Crippen LogP contribution in [0.5, 0.6) is 0 Å². The summed E-state index contributed by atoms with van der Waals surface area (Å²) in [6.07, 6.45) is 0.331. The lowest BCUT2D eigenvalue weighted by molar-refractivity contribution is -0.115. The molecule has 1 aliphatic heterocycles. The second kappa shape index (κ2) is 5.29. The number of rotatable bonds is 3. The zero-order valence-electron chi connectivity index (χ0n) is 11.8. The lowest BCUT2D eigenvalue weighted by Crippen LogP contribution is -2.26. The monoisotopic (exact) mass is 301 g/mol. The minimum absolute atomic E-state index is 0.0334. The lowest BCUT2D eigenvalue weighted by atomic mass is 10.1. The Labute approximate surface area is 126 Å². The van der Waals surface area contributed by atoms with Gasteiger partial charge in [-0.3, -0.25) is 9.59 Å². The maximum Gasteiger partial charge on any atom is 0.251 e. The fourth-order valence-electron chi connectivity index (χ4n) is 2.30. The first-order valence-corrected chi connectivity index (χ1v) is 7.56. The number of hydrogen-bond donors (Lipinski definition) is 2. The van der Waals surface area contributed by atoms with E-state index in [-0.39, 0.29) is 17.9 Å². The normalized spacial score (nSPS) is 14.5. The number of fused-ring (bicyclic) bond motifs is 1. The molecule has 1 unspecified atom stereocenters. The maximum atomic E-state index is 12.3. The molecule has 0 aliphatic carbocycles. The molecule has 108 valence electrons. The molecule has 1 aromatic carbocycles. The molecule has 0 bridgehead atoms. The molecule has 0 saturated heterocycles. The summed E-state index contributed by atoms with van der Waals surface area (Å²) >= 11 is 1.56. The molecule has 0 saturated carbocycles. The smallest absolute Gasteiger partial charge is 0.251 e. The Balaban J connectivity index is 1.74. The van der Waals surface area contributed by atoms with Crippen molar-refractivity contribution < 1.29 is 9.59 Å². The second-order valence-corrected chi connectivity index (χ2v) is 6.15. The highest BCUT2D eigenvalue weighted by atomic mass is 32.1. The molecule has 2 N–H and O–H groups in total.